The zero-order valence-electron chi connectivity index (χ0n) is 10.0. The number of amides is 1. The first-order valence-electron chi connectivity index (χ1n) is 5.31. The number of carbonyl (C=O) groups is 1. The number of hydrazine groups is 1. The number of hydrogen-bond donors (Lipinski definition) is 2. The molecule has 1 aromatic rings. The monoisotopic (exact) mass is 239 g/mol. The molecule has 0 unspecified atom stereocenters. The Hall–Kier alpha value is -1.73. The Morgan fingerprint density at radius 2 is 2.29 bits per heavy atom. The van der Waals surface area contributed by atoms with Gasteiger partial charge in [0.25, 0.3) is 5.91 Å². The average Bonchev–Trinajstić information content (AvgIpc) is 2.39. The number of anilines is 1. The van der Waals surface area contributed by atoms with Crippen molar-refractivity contribution in [2.24, 2.45) is 5.84 Å². The third-order valence-electron chi connectivity index (χ3n) is 2.27. The highest BCUT2D eigenvalue weighted by molar-refractivity contribution is 5.92. The summed E-state index contributed by atoms with van der Waals surface area (Å²) in [7, 11) is 1.60. The Bertz CT molecular complexity index is 354. The maximum Gasteiger partial charge on any atom is 0.274 e. The Balaban J connectivity index is 2.71. The van der Waals surface area contributed by atoms with Gasteiger partial charge in [-0.1, -0.05) is 0 Å². The molecule has 0 saturated carbocycles. The molecule has 1 amide bonds. The number of nitrogens with two attached hydrogens (primary N) is 1. The van der Waals surface area contributed by atoms with Crippen LogP contribution in [-0.2, 0) is 4.74 Å². The van der Waals surface area contributed by atoms with Crippen molar-refractivity contribution in [3.63, 3.8) is 0 Å². The molecule has 0 atom stereocenters. The molecule has 17 heavy (non-hydrogen) atoms. The number of methoxy groups -OCH3 is 1. The van der Waals surface area contributed by atoms with Crippen LogP contribution in [0.4, 0.5) is 5.82 Å². The van der Waals surface area contributed by atoms with Gasteiger partial charge in [-0.25, -0.2) is 5.84 Å². The summed E-state index contributed by atoms with van der Waals surface area (Å²) in [5.74, 6) is 5.42. The predicted molar refractivity (Wildman–Crippen MR) is 63.3 cm³/mol. The van der Waals surface area contributed by atoms with Crippen molar-refractivity contribution < 1.29 is 9.53 Å². The van der Waals surface area contributed by atoms with Gasteiger partial charge in [0, 0.05) is 20.2 Å². The van der Waals surface area contributed by atoms with Crippen molar-refractivity contribution in [1.82, 2.24) is 15.1 Å². The van der Waals surface area contributed by atoms with Gasteiger partial charge in [-0.2, -0.15) is 0 Å². The van der Waals surface area contributed by atoms with Crippen LogP contribution in [-0.4, -0.2) is 47.8 Å². The van der Waals surface area contributed by atoms with Gasteiger partial charge in [0.05, 0.1) is 6.61 Å². The summed E-state index contributed by atoms with van der Waals surface area (Å²) in [6.07, 6.45) is 0. The van der Waals surface area contributed by atoms with E-state index in [1.165, 1.54) is 0 Å². The molecule has 0 bridgehead atoms. The third-order valence-corrected chi connectivity index (χ3v) is 2.27. The van der Waals surface area contributed by atoms with E-state index in [2.05, 4.69) is 15.6 Å². The molecule has 0 spiro atoms. The predicted octanol–water partition coefficient (Wildman–Crippen LogP) is -0.129. The lowest BCUT2D eigenvalue weighted by Gasteiger charge is -2.19. The topological polar surface area (TPSA) is 93.4 Å². The summed E-state index contributed by atoms with van der Waals surface area (Å²) < 4.78 is 4.94. The summed E-state index contributed by atoms with van der Waals surface area (Å²) in [4.78, 5) is 13.6. The highest BCUT2D eigenvalue weighted by Crippen LogP contribution is 2.04. The molecule has 1 heterocycles. The molecule has 0 aliphatic carbocycles. The van der Waals surface area contributed by atoms with Crippen LogP contribution in [0.3, 0.4) is 0 Å². The maximum absolute atomic E-state index is 12.0. The molecular formula is C10H17N5O2. The molecular weight excluding hydrogens is 222 g/mol. The van der Waals surface area contributed by atoms with E-state index in [-0.39, 0.29) is 5.91 Å². The molecule has 3 N–H and O–H groups in total. The van der Waals surface area contributed by atoms with Crippen molar-refractivity contribution in [3.8, 4) is 0 Å². The Morgan fingerprint density at radius 1 is 1.53 bits per heavy atom. The fraction of sp³-hybridized carbons (Fsp3) is 0.500. The zero-order chi connectivity index (χ0) is 12.7. The van der Waals surface area contributed by atoms with Crippen LogP contribution < -0.4 is 11.3 Å². The number of hydrogen-bond acceptors (Lipinski definition) is 6. The molecule has 1 rings (SSSR count). The first kappa shape index (κ1) is 13.3. The standard InChI is InChI=1S/C10H17N5O2/c1-3-15(6-7-17-2)10(16)8-4-5-9(12-11)14-13-8/h4-5H,3,6-7,11H2,1-2H3,(H,12,14). The van der Waals surface area contributed by atoms with Crippen molar-refractivity contribution in [3.05, 3.63) is 17.8 Å². The summed E-state index contributed by atoms with van der Waals surface area (Å²) in [5.41, 5.74) is 2.65. The molecule has 0 aromatic carbocycles. The largest absolute Gasteiger partial charge is 0.383 e. The SMILES string of the molecule is CCN(CCOC)C(=O)c1ccc(NN)nn1. The van der Waals surface area contributed by atoms with E-state index in [1.54, 1.807) is 24.1 Å². The van der Waals surface area contributed by atoms with E-state index < -0.39 is 0 Å². The van der Waals surface area contributed by atoms with Crippen molar-refractivity contribution in [2.75, 3.05) is 32.2 Å². The lowest BCUT2D eigenvalue weighted by Crippen LogP contribution is -2.34. The summed E-state index contributed by atoms with van der Waals surface area (Å²) >= 11 is 0. The third kappa shape index (κ3) is 3.65. The lowest BCUT2D eigenvalue weighted by molar-refractivity contribution is 0.0699. The summed E-state index contributed by atoms with van der Waals surface area (Å²) in [5, 5.41) is 7.55. The first-order valence-corrected chi connectivity index (χ1v) is 5.31. The number of aromatic nitrogens is 2. The van der Waals surface area contributed by atoms with Crippen LogP contribution in [0.5, 0.6) is 0 Å². The lowest BCUT2D eigenvalue weighted by atomic mass is 10.3. The highest BCUT2D eigenvalue weighted by Gasteiger charge is 2.15. The fourth-order valence-electron chi connectivity index (χ4n) is 1.29. The number of carbonyl (C=O) groups excluding carboxylic acids is 1. The number of nitrogen functional groups attached to an aromatic ring is 1. The van der Waals surface area contributed by atoms with E-state index in [4.69, 9.17) is 10.6 Å². The molecule has 94 valence electrons. The maximum atomic E-state index is 12.0. The van der Waals surface area contributed by atoms with Crippen LogP contribution in [0.15, 0.2) is 12.1 Å². The molecule has 0 radical (unpaired) electrons. The molecule has 0 aliphatic heterocycles. The van der Waals surface area contributed by atoms with Crippen molar-refractivity contribution >= 4 is 11.7 Å². The summed E-state index contributed by atoms with van der Waals surface area (Å²) in [6.45, 7) is 3.53. The van der Waals surface area contributed by atoms with Gasteiger partial charge < -0.3 is 15.1 Å². The smallest absolute Gasteiger partial charge is 0.274 e. The van der Waals surface area contributed by atoms with Crippen molar-refractivity contribution in [1.29, 1.82) is 0 Å². The minimum atomic E-state index is -0.166. The van der Waals surface area contributed by atoms with Gasteiger partial charge in [-0.3, -0.25) is 4.79 Å². The van der Waals surface area contributed by atoms with Gasteiger partial charge >= 0.3 is 0 Å². The molecule has 7 nitrogen and oxygen atoms in total. The second kappa shape index (κ2) is 6.77. The normalized spacial score (nSPS) is 10.1. The molecule has 0 aliphatic rings. The van der Waals surface area contributed by atoms with Gasteiger partial charge in [0.2, 0.25) is 0 Å². The van der Waals surface area contributed by atoms with Crippen LogP contribution in [0.25, 0.3) is 0 Å². The second-order valence-electron chi connectivity index (χ2n) is 3.33. The van der Waals surface area contributed by atoms with E-state index in [0.29, 0.717) is 31.2 Å². The Labute approximate surface area is 99.9 Å². The van der Waals surface area contributed by atoms with Gasteiger partial charge in [0.15, 0.2) is 11.5 Å². The number of nitrogens with zero attached hydrogens (tertiary/aromatic N) is 3. The quantitative estimate of drug-likeness (QED) is 0.530. The van der Waals surface area contributed by atoms with Crippen LogP contribution in [0, 0.1) is 0 Å². The van der Waals surface area contributed by atoms with E-state index in [1.807, 2.05) is 6.92 Å². The molecule has 0 fully saturated rings. The second-order valence-corrected chi connectivity index (χ2v) is 3.33. The minimum absolute atomic E-state index is 0.166. The fourth-order valence-corrected chi connectivity index (χ4v) is 1.29. The van der Waals surface area contributed by atoms with Crippen molar-refractivity contribution in [2.45, 2.75) is 6.92 Å². The Kier molecular flexibility index (Phi) is 5.31. The van der Waals surface area contributed by atoms with E-state index in [0.717, 1.165) is 0 Å². The number of nitrogens with one attached hydrogen (secondary N) is 1. The number of likely N-dealkylation sites (N-methyl/N-ethyl adjacent to an activating group) is 1. The Morgan fingerprint density at radius 3 is 2.76 bits per heavy atom. The van der Waals surface area contributed by atoms with Gasteiger partial charge in [-0.15, -0.1) is 10.2 Å². The first-order chi connectivity index (χ1) is 8.22. The van der Waals surface area contributed by atoms with Crippen LogP contribution >= 0.6 is 0 Å². The highest BCUT2D eigenvalue weighted by atomic mass is 16.5. The van der Waals surface area contributed by atoms with Gasteiger partial charge in [0.1, 0.15) is 0 Å². The van der Waals surface area contributed by atoms with Crippen LogP contribution in [0.2, 0.25) is 0 Å². The summed E-state index contributed by atoms with van der Waals surface area (Å²) in [6, 6.07) is 3.18. The average molecular weight is 239 g/mol. The van der Waals surface area contributed by atoms with E-state index in [9.17, 15) is 4.79 Å². The number of rotatable bonds is 6. The number of ether oxygens (including phenoxy) is 1. The van der Waals surface area contributed by atoms with E-state index >= 15 is 0 Å². The minimum Gasteiger partial charge on any atom is -0.383 e. The molecule has 1 aromatic heterocycles. The van der Waals surface area contributed by atoms with Gasteiger partial charge in [-0.05, 0) is 19.1 Å². The zero-order valence-corrected chi connectivity index (χ0v) is 10.0. The molecule has 7 heteroatoms. The molecule has 0 saturated heterocycles. The van der Waals surface area contributed by atoms with Crippen LogP contribution in [0.1, 0.15) is 17.4 Å².